The summed E-state index contributed by atoms with van der Waals surface area (Å²) in [4.78, 5) is 9.32. The van der Waals surface area contributed by atoms with Crippen LogP contribution in [0.25, 0.3) is 6.08 Å². The van der Waals surface area contributed by atoms with E-state index in [2.05, 4.69) is 63.6 Å². The Morgan fingerprint density at radius 2 is 1.92 bits per heavy atom. The van der Waals surface area contributed by atoms with Gasteiger partial charge < -0.3 is 15.1 Å². The first kappa shape index (κ1) is 20.2. The highest BCUT2D eigenvalue weighted by Gasteiger charge is 2.21. The minimum Gasteiger partial charge on any atom is -0.356 e. The minimum absolute atomic E-state index is 0. The molecule has 0 bridgehead atoms. The van der Waals surface area contributed by atoms with Crippen LogP contribution in [0.4, 0.5) is 0 Å². The van der Waals surface area contributed by atoms with Crippen molar-refractivity contribution in [3.8, 4) is 0 Å². The lowest BCUT2D eigenvalue weighted by molar-refractivity contribution is 0.365. The van der Waals surface area contributed by atoms with Crippen molar-refractivity contribution >= 4 is 36.0 Å². The highest BCUT2D eigenvalue weighted by atomic mass is 127. The molecule has 2 aliphatic heterocycles. The zero-order chi connectivity index (χ0) is 16.8. The Bertz CT molecular complexity index is 575. The molecule has 2 saturated heterocycles. The SMILES string of the molecule is CN=C(NCC1CCN(C)C1)N1CCC(=Cc2ccccc2)CC1.I. The summed E-state index contributed by atoms with van der Waals surface area (Å²) in [6.45, 7) is 5.59. The quantitative estimate of drug-likeness (QED) is 0.432. The molecule has 2 fully saturated rings. The van der Waals surface area contributed by atoms with Gasteiger partial charge in [0.05, 0.1) is 0 Å². The summed E-state index contributed by atoms with van der Waals surface area (Å²) in [5, 5.41) is 3.60. The van der Waals surface area contributed by atoms with Gasteiger partial charge in [0, 0.05) is 33.2 Å². The van der Waals surface area contributed by atoms with Gasteiger partial charge in [-0.25, -0.2) is 0 Å². The van der Waals surface area contributed by atoms with E-state index in [0.29, 0.717) is 0 Å². The summed E-state index contributed by atoms with van der Waals surface area (Å²) in [6, 6.07) is 10.6. The fraction of sp³-hybridized carbons (Fsp3) is 0.550. The van der Waals surface area contributed by atoms with Crippen LogP contribution in [0.15, 0.2) is 40.9 Å². The zero-order valence-corrected chi connectivity index (χ0v) is 17.8. The maximum Gasteiger partial charge on any atom is 0.193 e. The number of halogens is 1. The van der Waals surface area contributed by atoms with Gasteiger partial charge in [-0.1, -0.05) is 42.0 Å². The minimum atomic E-state index is 0. The summed E-state index contributed by atoms with van der Waals surface area (Å²) >= 11 is 0. The van der Waals surface area contributed by atoms with E-state index in [1.165, 1.54) is 25.1 Å². The summed E-state index contributed by atoms with van der Waals surface area (Å²) in [5.41, 5.74) is 2.86. The Balaban J connectivity index is 0.00000225. The van der Waals surface area contributed by atoms with Crippen LogP contribution in [0, 0.1) is 5.92 Å². The fourth-order valence-corrected chi connectivity index (χ4v) is 3.70. The van der Waals surface area contributed by atoms with E-state index < -0.39 is 0 Å². The van der Waals surface area contributed by atoms with Crippen LogP contribution in [0.1, 0.15) is 24.8 Å². The van der Waals surface area contributed by atoms with Gasteiger partial charge in [-0.3, -0.25) is 4.99 Å². The van der Waals surface area contributed by atoms with Crippen LogP contribution < -0.4 is 5.32 Å². The number of guanidine groups is 1. The van der Waals surface area contributed by atoms with E-state index in [1.54, 1.807) is 5.57 Å². The summed E-state index contributed by atoms with van der Waals surface area (Å²) in [6.07, 6.45) is 5.90. The smallest absolute Gasteiger partial charge is 0.193 e. The van der Waals surface area contributed by atoms with Crippen LogP contribution in [0.2, 0.25) is 0 Å². The molecule has 138 valence electrons. The normalized spacial score (nSPS) is 21.8. The highest BCUT2D eigenvalue weighted by Crippen LogP contribution is 2.20. The molecule has 1 aromatic rings. The number of rotatable bonds is 3. The van der Waals surface area contributed by atoms with Crippen molar-refractivity contribution in [2.75, 3.05) is 46.8 Å². The molecule has 0 amide bonds. The number of nitrogens with zero attached hydrogens (tertiary/aromatic N) is 3. The maximum atomic E-state index is 4.50. The number of hydrogen-bond donors (Lipinski definition) is 1. The van der Waals surface area contributed by atoms with Gasteiger partial charge >= 0.3 is 0 Å². The van der Waals surface area contributed by atoms with E-state index in [1.807, 2.05) is 7.05 Å². The molecule has 0 radical (unpaired) electrons. The van der Waals surface area contributed by atoms with Crippen LogP contribution in [0.3, 0.4) is 0 Å². The van der Waals surface area contributed by atoms with Crippen LogP contribution in [-0.2, 0) is 0 Å². The molecule has 4 nitrogen and oxygen atoms in total. The topological polar surface area (TPSA) is 30.9 Å². The Hall–Kier alpha value is -1.08. The van der Waals surface area contributed by atoms with Gasteiger partial charge in [-0.15, -0.1) is 24.0 Å². The summed E-state index contributed by atoms with van der Waals surface area (Å²) in [7, 11) is 4.11. The second kappa shape index (κ2) is 10.2. The van der Waals surface area contributed by atoms with Crippen molar-refractivity contribution in [3.05, 3.63) is 41.5 Å². The third-order valence-corrected chi connectivity index (χ3v) is 5.13. The first-order valence-electron chi connectivity index (χ1n) is 9.13. The molecular weight excluding hydrogens is 423 g/mol. The van der Waals surface area contributed by atoms with E-state index in [9.17, 15) is 0 Å². The second-order valence-corrected chi connectivity index (χ2v) is 7.05. The lowest BCUT2D eigenvalue weighted by Gasteiger charge is -2.32. The number of nitrogens with one attached hydrogen (secondary N) is 1. The number of piperidine rings is 1. The van der Waals surface area contributed by atoms with Gasteiger partial charge in [0.15, 0.2) is 5.96 Å². The van der Waals surface area contributed by atoms with Gasteiger partial charge in [0.1, 0.15) is 0 Å². The molecule has 2 aliphatic rings. The van der Waals surface area contributed by atoms with Crippen molar-refractivity contribution in [1.82, 2.24) is 15.1 Å². The molecule has 5 heteroatoms. The van der Waals surface area contributed by atoms with Crippen molar-refractivity contribution < 1.29 is 0 Å². The van der Waals surface area contributed by atoms with Crippen LogP contribution in [0.5, 0.6) is 0 Å². The third-order valence-electron chi connectivity index (χ3n) is 5.13. The average molecular weight is 454 g/mol. The monoisotopic (exact) mass is 454 g/mol. The predicted molar refractivity (Wildman–Crippen MR) is 118 cm³/mol. The Kier molecular flexibility index (Phi) is 8.22. The first-order valence-corrected chi connectivity index (χ1v) is 9.13. The number of benzene rings is 1. The first-order chi connectivity index (χ1) is 11.7. The van der Waals surface area contributed by atoms with Crippen molar-refractivity contribution in [2.24, 2.45) is 10.9 Å². The number of hydrogen-bond acceptors (Lipinski definition) is 2. The highest BCUT2D eigenvalue weighted by molar-refractivity contribution is 14.0. The molecule has 0 aliphatic carbocycles. The molecule has 1 aromatic carbocycles. The van der Waals surface area contributed by atoms with Crippen molar-refractivity contribution in [2.45, 2.75) is 19.3 Å². The Morgan fingerprint density at radius 1 is 1.20 bits per heavy atom. The van der Waals surface area contributed by atoms with E-state index in [4.69, 9.17) is 0 Å². The predicted octanol–water partition coefficient (Wildman–Crippen LogP) is 3.31. The standard InChI is InChI=1S/C20H30N4.HI/c1-21-20(22-15-19-8-11-23(2)16-19)24-12-9-18(10-13-24)14-17-6-4-3-5-7-17;/h3-7,14,19H,8-13,15-16H2,1-2H3,(H,21,22);1H. The van der Waals surface area contributed by atoms with Gasteiger partial charge in [-0.2, -0.15) is 0 Å². The molecular formula is C20H31IN4. The summed E-state index contributed by atoms with van der Waals surface area (Å²) < 4.78 is 0. The molecule has 25 heavy (non-hydrogen) atoms. The molecule has 1 atom stereocenters. The Labute approximate surface area is 169 Å². The second-order valence-electron chi connectivity index (χ2n) is 7.05. The number of aliphatic imine (C=N–C) groups is 1. The third kappa shape index (κ3) is 5.99. The lowest BCUT2D eigenvalue weighted by atomic mass is 10.0. The van der Waals surface area contributed by atoms with E-state index >= 15 is 0 Å². The molecule has 1 unspecified atom stereocenters. The molecule has 0 saturated carbocycles. The maximum absolute atomic E-state index is 4.50. The molecule has 0 aromatic heterocycles. The molecule has 2 heterocycles. The van der Waals surface area contributed by atoms with E-state index in [-0.39, 0.29) is 24.0 Å². The zero-order valence-electron chi connectivity index (χ0n) is 15.4. The lowest BCUT2D eigenvalue weighted by Crippen LogP contribution is -2.46. The van der Waals surface area contributed by atoms with E-state index in [0.717, 1.165) is 44.4 Å². The molecule has 3 rings (SSSR count). The van der Waals surface area contributed by atoms with Crippen LogP contribution in [-0.4, -0.2) is 62.6 Å². The largest absolute Gasteiger partial charge is 0.356 e. The van der Waals surface area contributed by atoms with Crippen LogP contribution >= 0.6 is 24.0 Å². The molecule has 1 N–H and O–H groups in total. The van der Waals surface area contributed by atoms with Crippen molar-refractivity contribution in [3.63, 3.8) is 0 Å². The van der Waals surface area contributed by atoms with Crippen molar-refractivity contribution in [1.29, 1.82) is 0 Å². The van der Waals surface area contributed by atoms with Gasteiger partial charge in [0.25, 0.3) is 0 Å². The molecule has 0 spiro atoms. The van der Waals surface area contributed by atoms with Gasteiger partial charge in [-0.05, 0) is 44.3 Å². The average Bonchev–Trinajstić information content (AvgIpc) is 3.03. The number of likely N-dealkylation sites (tertiary alicyclic amines) is 2. The van der Waals surface area contributed by atoms with Gasteiger partial charge in [0.2, 0.25) is 0 Å². The Morgan fingerprint density at radius 3 is 2.52 bits per heavy atom. The fourth-order valence-electron chi connectivity index (χ4n) is 3.70. The summed E-state index contributed by atoms with van der Waals surface area (Å²) in [5.74, 6) is 1.83.